The molecule has 0 aliphatic carbocycles. The highest BCUT2D eigenvalue weighted by molar-refractivity contribution is 7.78. The van der Waals surface area contributed by atoms with Gasteiger partial charge in [0.25, 0.3) is 0 Å². The fourth-order valence-electron chi connectivity index (χ4n) is 0.960. The molecular formula is C10H11NOS. The summed E-state index contributed by atoms with van der Waals surface area (Å²) in [5.41, 5.74) is 1.19. The van der Waals surface area contributed by atoms with Crippen molar-refractivity contribution in [3.05, 3.63) is 29.8 Å². The van der Waals surface area contributed by atoms with E-state index in [0.29, 0.717) is 13.2 Å². The Morgan fingerprint density at radius 3 is 3.08 bits per heavy atom. The van der Waals surface area contributed by atoms with Crippen LogP contribution in [-0.4, -0.2) is 18.3 Å². The van der Waals surface area contributed by atoms with Crippen LogP contribution < -0.4 is 4.74 Å². The monoisotopic (exact) mass is 193 g/mol. The Morgan fingerprint density at radius 1 is 1.54 bits per heavy atom. The lowest BCUT2D eigenvalue weighted by Gasteiger charge is -2.03. The predicted octanol–water partition coefficient (Wildman–Crippen LogP) is 2.48. The molecule has 0 saturated heterocycles. The van der Waals surface area contributed by atoms with Crippen LogP contribution in [0.3, 0.4) is 0 Å². The number of ether oxygens (including phenoxy) is 1. The number of rotatable bonds is 4. The van der Waals surface area contributed by atoms with Crippen molar-refractivity contribution in [2.24, 2.45) is 4.99 Å². The largest absolute Gasteiger partial charge is 0.492 e. The van der Waals surface area contributed by atoms with Gasteiger partial charge in [-0.3, -0.25) is 0 Å². The maximum atomic E-state index is 5.41. The first kappa shape index (κ1) is 9.90. The molecule has 0 heterocycles. The molecule has 0 spiro atoms. The molecule has 0 aliphatic rings. The van der Waals surface area contributed by atoms with E-state index in [4.69, 9.17) is 4.74 Å². The van der Waals surface area contributed by atoms with E-state index in [1.54, 1.807) is 0 Å². The molecule has 0 bridgehead atoms. The summed E-state index contributed by atoms with van der Waals surface area (Å²) in [6, 6.07) is 7.91. The summed E-state index contributed by atoms with van der Waals surface area (Å²) in [7, 11) is 0. The SMILES string of the molecule is Cc1cccc(OCCN=C=S)c1. The Balaban J connectivity index is 2.40. The number of aryl methyl sites for hydroxylation is 1. The predicted molar refractivity (Wildman–Crippen MR) is 56.6 cm³/mol. The first-order valence-electron chi connectivity index (χ1n) is 4.06. The zero-order valence-corrected chi connectivity index (χ0v) is 8.30. The van der Waals surface area contributed by atoms with Crippen LogP contribution in [0.15, 0.2) is 29.3 Å². The highest BCUT2D eigenvalue weighted by Gasteiger charge is 1.91. The topological polar surface area (TPSA) is 21.6 Å². The van der Waals surface area contributed by atoms with E-state index in [1.807, 2.05) is 31.2 Å². The van der Waals surface area contributed by atoms with E-state index < -0.39 is 0 Å². The van der Waals surface area contributed by atoms with Crippen LogP contribution in [0.1, 0.15) is 5.56 Å². The molecule has 2 nitrogen and oxygen atoms in total. The number of hydrogen-bond donors (Lipinski definition) is 0. The zero-order chi connectivity index (χ0) is 9.52. The Bertz CT molecular complexity index is 318. The summed E-state index contributed by atoms with van der Waals surface area (Å²) in [4.78, 5) is 3.75. The second-order valence-electron chi connectivity index (χ2n) is 2.64. The fraction of sp³-hybridized carbons (Fsp3) is 0.300. The molecule has 0 aromatic heterocycles. The molecule has 1 aromatic rings. The Morgan fingerprint density at radius 2 is 2.38 bits per heavy atom. The highest BCUT2D eigenvalue weighted by atomic mass is 32.1. The van der Waals surface area contributed by atoms with Crippen molar-refractivity contribution in [1.82, 2.24) is 0 Å². The van der Waals surface area contributed by atoms with Gasteiger partial charge in [-0.1, -0.05) is 12.1 Å². The molecular weight excluding hydrogens is 182 g/mol. The van der Waals surface area contributed by atoms with Crippen molar-refractivity contribution < 1.29 is 4.74 Å². The molecule has 0 amide bonds. The van der Waals surface area contributed by atoms with Crippen LogP contribution >= 0.6 is 12.2 Å². The maximum absolute atomic E-state index is 5.41. The molecule has 13 heavy (non-hydrogen) atoms. The number of hydrogen-bond acceptors (Lipinski definition) is 3. The van der Waals surface area contributed by atoms with Crippen molar-refractivity contribution in [1.29, 1.82) is 0 Å². The molecule has 0 unspecified atom stereocenters. The normalized spacial score (nSPS) is 9.00. The molecule has 0 atom stereocenters. The summed E-state index contributed by atoms with van der Waals surface area (Å²) in [6.45, 7) is 3.15. The Hall–Kier alpha value is -1.18. The van der Waals surface area contributed by atoms with Crippen LogP contribution in [-0.2, 0) is 0 Å². The first-order valence-corrected chi connectivity index (χ1v) is 4.47. The van der Waals surface area contributed by atoms with E-state index in [0.717, 1.165) is 5.75 Å². The van der Waals surface area contributed by atoms with Gasteiger partial charge in [0, 0.05) is 0 Å². The third-order valence-corrected chi connectivity index (χ3v) is 1.66. The molecule has 0 N–H and O–H groups in total. The van der Waals surface area contributed by atoms with Gasteiger partial charge in [-0.05, 0) is 36.8 Å². The van der Waals surface area contributed by atoms with Gasteiger partial charge in [0.15, 0.2) is 0 Å². The minimum Gasteiger partial charge on any atom is -0.492 e. The fourth-order valence-corrected chi connectivity index (χ4v) is 1.05. The minimum absolute atomic E-state index is 0.549. The lowest BCUT2D eigenvalue weighted by molar-refractivity contribution is 0.329. The second kappa shape index (κ2) is 5.46. The number of nitrogens with zero attached hydrogens (tertiary/aromatic N) is 1. The van der Waals surface area contributed by atoms with Gasteiger partial charge in [-0.2, -0.15) is 0 Å². The molecule has 0 saturated carbocycles. The van der Waals surface area contributed by atoms with Gasteiger partial charge < -0.3 is 4.74 Å². The standard InChI is InChI=1S/C10H11NOS/c1-9-3-2-4-10(7-9)12-6-5-11-8-13/h2-4,7H,5-6H2,1H3. The van der Waals surface area contributed by atoms with Crippen molar-refractivity contribution >= 4 is 17.4 Å². The maximum Gasteiger partial charge on any atom is 0.119 e. The van der Waals surface area contributed by atoms with Crippen molar-refractivity contribution in [2.75, 3.05) is 13.2 Å². The van der Waals surface area contributed by atoms with E-state index in [9.17, 15) is 0 Å². The lowest BCUT2D eigenvalue weighted by atomic mass is 10.2. The van der Waals surface area contributed by atoms with Gasteiger partial charge in [0.05, 0.1) is 11.7 Å². The Labute approximate surface area is 83.3 Å². The van der Waals surface area contributed by atoms with Gasteiger partial charge in [-0.15, -0.1) is 0 Å². The van der Waals surface area contributed by atoms with Crippen LogP contribution in [0, 0.1) is 6.92 Å². The Kier molecular flexibility index (Phi) is 4.16. The molecule has 68 valence electrons. The van der Waals surface area contributed by atoms with Gasteiger partial charge in [-0.25, -0.2) is 4.99 Å². The first-order chi connectivity index (χ1) is 6.33. The highest BCUT2D eigenvalue weighted by Crippen LogP contribution is 2.11. The summed E-state index contributed by atoms with van der Waals surface area (Å²) in [6.07, 6.45) is 0. The quantitative estimate of drug-likeness (QED) is 0.416. The van der Waals surface area contributed by atoms with Crippen molar-refractivity contribution in [3.63, 3.8) is 0 Å². The van der Waals surface area contributed by atoms with Crippen LogP contribution in [0.4, 0.5) is 0 Å². The minimum atomic E-state index is 0.549. The molecule has 0 fully saturated rings. The van der Waals surface area contributed by atoms with E-state index in [-0.39, 0.29) is 0 Å². The lowest BCUT2D eigenvalue weighted by Crippen LogP contribution is -2.00. The zero-order valence-electron chi connectivity index (χ0n) is 7.49. The summed E-state index contributed by atoms with van der Waals surface area (Å²) < 4.78 is 5.41. The van der Waals surface area contributed by atoms with Gasteiger partial charge >= 0.3 is 0 Å². The number of aliphatic imine (C=N–C) groups is 1. The van der Waals surface area contributed by atoms with Gasteiger partial charge in [0.1, 0.15) is 12.4 Å². The van der Waals surface area contributed by atoms with Crippen LogP contribution in [0.5, 0.6) is 5.75 Å². The summed E-state index contributed by atoms with van der Waals surface area (Å²) in [5, 5.41) is 2.29. The molecule has 1 aromatic carbocycles. The van der Waals surface area contributed by atoms with Crippen LogP contribution in [0.2, 0.25) is 0 Å². The van der Waals surface area contributed by atoms with Gasteiger partial charge in [0.2, 0.25) is 0 Å². The van der Waals surface area contributed by atoms with E-state index >= 15 is 0 Å². The van der Waals surface area contributed by atoms with E-state index in [1.165, 1.54) is 5.56 Å². The average molecular weight is 193 g/mol. The summed E-state index contributed by atoms with van der Waals surface area (Å²) >= 11 is 4.43. The van der Waals surface area contributed by atoms with E-state index in [2.05, 4.69) is 22.4 Å². The van der Waals surface area contributed by atoms with Crippen LogP contribution in [0.25, 0.3) is 0 Å². The third-order valence-electron chi connectivity index (χ3n) is 1.53. The smallest absolute Gasteiger partial charge is 0.119 e. The molecule has 0 aliphatic heterocycles. The molecule has 3 heteroatoms. The van der Waals surface area contributed by atoms with Crippen molar-refractivity contribution in [3.8, 4) is 5.75 Å². The third kappa shape index (κ3) is 3.83. The summed E-state index contributed by atoms with van der Waals surface area (Å²) in [5.74, 6) is 0.875. The number of benzene rings is 1. The molecule has 1 rings (SSSR count). The average Bonchev–Trinajstić information content (AvgIpc) is 2.13. The molecule has 0 radical (unpaired) electrons. The number of thiocarbonyl (C=S) groups is 1. The number of isothiocyanates is 1. The van der Waals surface area contributed by atoms with Crippen molar-refractivity contribution in [2.45, 2.75) is 6.92 Å². The second-order valence-corrected chi connectivity index (χ2v) is 2.82.